The maximum atomic E-state index is 11.6. The van der Waals surface area contributed by atoms with Gasteiger partial charge in [0.2, 0.25) is 0 Å². The second-order valence-electron chi connectivity index (χ2n) is 13.2. The summed E-state index contributed by atoms with van der Waals surface area (Å²) < 4.78 is 67.0. The predicted octanol–water partition coefficient (Wildman–Crippen LogP) is 3.23. The Morgan fingerprint density at radius 2 is 0.878 bits per heavy atom. The van der Waals surface area contributed by atoms with Crippen LogP contribution in [-0.2, 0) is 56.7 Å². The first-order chi connectivity index (χ1) is 23.4. The van der Waals surface area contributed by atoms with Crippen molar-refractivity contribution in [2.45, 2.75) is 71.7 Å². The van der Waals surface area contributed by atoms with E-state index in [1.165, 1.54) is 0 Å². The highest BCUT2D eigenvalue weighted by molar-refractivity contribution is 6.62. The minimum absolute atomic E-state index is 0.231. The molecular weight excluding hydrogens is 639 g/mol. The number of carbonyl (C=O) groups is 1. The van der Waals surface area contributed by atoms with Crippen molar-refractivity contribution in [3.8, 4) is 5.75 Å². The number of hydrogen-bond acceptors (Lipinski definition) is 13. The SMILES string of the molecule is CC(C)(C)OC(=O)CCOCCOCCOCCOCCOCCOCCOCCOCCOc1ccc(B2OC(C)(C)C(C)(C)O2)cc1. The highest BCUT2D eigenvalue weighted by Crippen LogP contribution is 2.36. The van der Waals surface area contributed by atoms with Gasteiger partial charge in [0.25, 0.3) is 0 Å². The Bertz CT molecular complexity index is 969. The standard InChI is InChI=1S/C35H61BO13/c1-33(2,3)47-32(37)12-13-38-14-15-39-16-17-40-18-19-41-20-21-42-22-23-43-24-25-44-26-27-45-28-29-46-31-10-8-30(9-11-31)36-48-34(4,5)35(6,7)49-36/h8-11H,12-29H2,1-7H3. The molecule has 1 aliphatic heterocycles. The van der Waals surface area contributed by atoms with E-state index in [4.69, 9.17) is 56.7 Å². The first-order valence-corrected chi connectivity index (χ1v) is 17.3. The molecule has 1 heterocycles. The van der Waals surface area contributed by atoms with Crippen molar-refractivity contribution < 1.29 is 61.5 Å². The summed E-state index contributed by atoms with van der Waals surface area (Å²) in [7, 11) is -0.382. The lowest BCUT2D eigenvalue weighted by molar-refractivity contribution is -0.156. The molecule has 1 aromatic rings. The second kappa shape index (κ2) is 24.4. The zero-order chi connectivity index (χ0) is 35.9. The van der Waals surface area contributed by atoms with E-state index in [9.17, 15) is 4.79 Å². The van der Waals surface area contributed by atoms with Crippen molar-refractivity contribution in [3.05, 3.63) is 24.3 Å². The van der Waals surface area contributed by atoms with Gasteiger partial charge in [-0.2, -0.15) is 0 Å². The van der Waals surface area contributed by atoms with Gasteiger partial charge in [0.05, 0.1) is 123 Å². The van der Waals surface area contributed by atoms with Gasteiger partial charge in [0.1, 0.15) is 18.0 Å². The lowest BCUT2D eigenvalue weighted by Gasteiger charge is -2.32. The monoisotopic (exact) mass is 700 g/mol. The minimum atomic E-state index is -0.475. The van der Waals surface area contributed by atoms with E-state index in [0.717, 1.165) is 11.2 Å². The van der Waals surface area contributed by atoms with Gasteiger partial charge in [0, 0.05) is 0 Å². The predicted molar refractivity (Wildman–Crippen MR) is 185 cm³/mol. The summed E-state index contributed by atoms with van der Waals surface area (Å²) >= 11 is 0. The zero-order valence-electron chi connectivity index (χ0n) is 30.9. The quantitative estimate of drug-likeness (QED) is 0.0690. The average molecular weight is 701 g/mol. The molecule has 0 aromatic heterocycles. The van der Waals surface area contributed by atoms with E-state index in [1.54, 1.807) is 0 Å². The number of benzene rings is 1. The summed E-state index contributed by atoms with van der Waals surface area (Å²) in [5.74, 6) is 0.505. The van der Waals surface area contributed by atoms with Crippen molar-refractivity contribution in [1.29, 1.82) is 0 Å². The third-order valence-corrected chi connectivity index (χ3v) is 7.38. The molecule has 1 aromatic carbocycles. The molecule has 49 heavy (non-hydrogen) atoms. The number of carbonyl (C=O) groups excluding carboxylic acids is 1. The molecule has 0 N–H and O–H groups in total. The van der Waals surface area contributed by atoms with Crippen molar-refractivity contribution in [3.63, 3.8) is 0 Å². The Morgan fingerprint density at radius 1 is 0.551 bits per heavy atom. The molecule has 0 atom stereocenters. The van der Waals surface area contributed by atoms with Crippen LogP contribution in [0.2, 0.25) is 0 Å². The number of ether oxygens (including phenoxy) is 10. The van der Waals surface area contributed by atoms with Crippen molar-refractivity contribution in [1.82, 2.24) is 0 Å². The molecule has 0 saturated carbocycles. The van der Waals surface area contributed by atoms with Crippen molar-refractivity contribution >= 4 is 18.6 Å². The molecule has 0 bridgehead atoms. The van der Waals surface area contributed by atoms with Crippen LogP contribution in [0.1, 0.15) is 54.9 Å². The van der Waals surface area contributed by atoms with Crippen LogP contribution in [0.4, 0.5) is 0 Å². The molecule has 14 heteroatoms. The topological polar surface area (TPSA) is 128 Å². The molecular formula is C35H61BO13. The Morgan fingerprint density at radius 3 is 1.22 bits per heavy atom. The smallest absolute Gasteiger partial charge is 0.491 e. The van der Waals surface area contributed by atoms with Gasteiger partial charge in [-0.15, -0.1) is 0 Å². The zero-order valence-corrected chi connectivity index (χ0v) is 30.9. The van der Waals surface area contributed by atoms with Gasteiger partial charge in [0.15, 0.2) is 0 Å². The van der Waals surface area contributed by atoms with E-state index in [2.05, 4.69) is 0 Å². The van der Waals surface area contributed by atoms with Gasteiger partial charge >= 0.3 is 13.1 Å². The lowest BCUT2D eigenvalue weighted by Crippen LogP contribution is -2.41. The maximum absolute atomic E-state index is 11.6. The van der Waals surface area contributed by atoms with Crippen LogP contribution in [0.5, 0.6) is 5.75 Å². The summed E-state index contributed by atoms with van der Waals surface area (Å²) in [6.07, 6.45) is 0.231. The molecule has 13 nitrogen and oxygen atoms in total. The largest absolute Gasteiger partial charge is 0.494 e. The van der Waals surface area contributed by atoms with E-state index in [-0.39, 0.29) is 30.7 Å². The fraction of sp³-hybridized carbons (Fsp3) is 0.800. The molecule has 0 aliphatic carbocycles. The summed E-state index contributed by atoms with van der Waals surface area (Å²) in [5, 5.41) is 0. The third kappa shape index (κ3) is 20.6. The summed E-state index contributed by atoms with van der Waals surface area (Å²) in [6, 6.07) is 7.77. The molecule has 0 spiro atoms. The number of hydrogen-bond donors (Lipinski definition) is 0. The normalized spacial score (nSPS) is 15.5. The van der Waals surface area contributed by atoms with Gasteiger partial charge in [-0.3, -0.25) is 4.79 Å². The van der Waals surface area contributed by atoms with Crippen LogP contribution in [0.25, 0.3) is 0 Å². The van der Waals surface area contributed by atoms with Crippen molar-refractivity contribution in [2.75, 3.05) is 112 Å². The van der Waals surface area contributed by atoms with Crippen LogP contribution in [0, 0.1) is 0 Å². The van der Waals surface area contributed by atoms with Crippen LogP contribution in [0.3, 0.4) is 0 Å². The molecule has 0 radical (unpaired) electrons. The first-order valence-electron chi connectivity index (χ1n) is 17.3. The molecule has 2 rings (SSSR count). The fourth-order valence-electron chi connectivity index (χ4n) is 4.11. The molecule has 1 aliphatic rings. The molecule has 1 saturated heterocycles. The van der Waals surface area contributed by atoms with Gasteiger partial charge in [-0.25, -0.2) is 0 Å². The van der Waals surface area contributed by atoms with Crippen LogP contribution in [-0.4, -0.2) is 142 Å². The summed E-state index contributed by atoms with van der Waals surface area (Å²) in [5.41, 5.74) is -0.238. The lowest BCUT2D eigenvalue weighted by atomic mass is 9.79. The Kier molecular flexibility index (Phi) is 21.5. The number of rotatable bonds is 29. The number of esters is 1. The van der Waals surface area contributed by atoms with Gasteiger partial charge in [-0.1, -0.05) is 12.1 Å². The Labute approximate surface area is 293 Å². The van der Waals surface area contributed by atoms with Gasteiger partial charge < -0.3 is 56.7 Å². The molecule has 0 amide bonds. The highest BCUT2D eigenvalue weighted by Gasteiger charge is 2.51. The third-order valence-electron chi connectivity index (χ3n) is 7.38. The average Bonchev–Trinajstić information content (AvgIpc) is 3.26. The van der Waals surface area contributed by atoms with E-state index < -0.39 is 5.60 Å². The first kappa shape index (κ1) is 43.3. The van der Waals surface area contributed by atoms with E-state index >= 15 is 0 Å². The minimum Gasteiger partial charge on any atom is -0.491 e. The maximum Gasteiger partial charge on any atom is 0.494 e. The van der Waals surface area contributed by atoms with E-state index in [0.29, 0.717) is 112 Å². The second-order valence-corrected chi connectivity index (χ2v) is 13.2. The van der Waals surface area contributed by atoms with E-state index in [1.807, 2.05) is 72.7 Å². The van der Waals surface area contributed by atoms with Crippen LogP contribution >= 0.6 is 0 Å². The summed E-state index contributed by atoms with van der Waals surface area (Å²) in [6.45, 7) is 21.6. The molecule has 0 unspecified atom stereocenters. The van der Waals surface area contributed by atoms with Gasteiger partial charge in [-0.05, 0) is 66.1 Å². The van der Waals surface area contributed by atoms with Crippen molar-refractivity contribution in [2.24, 2.45) is 0 Å². The molecule has 1 fully saturated rings. The summed E-state index contributed by atoms with van der Waals surface area (Å²) in [4.78, 5) is 11.6. The van der Waals surface area contributed by atoms with Crippen LogP contribution in [0.15, 0.2) is 24.3 Å². The molecule has 282 valence electrons. The van der Waals surface area contributed by atoms with Crippen LogP contribution < -0.4 is 10.2 Å². The fourth-order valence-corrected chi connectivity index (χ4v) is 4.11. The highest BCUT2D eigenvalue weighted by atomic mass is 16.7. The Hall–Kier alpha value is -1.85. The Balaban J connectivity index is 1.24.